The molecule has 29 heavy (non-hydrogen) atoms. The molecule has 156 valence electrons. The predicted molar refractivity (Wildman–Crippen MR) is 117 cm³/mol. The molecule has 1 fully saturated rings. The van der Waals surface area contributed by atoms with Crippen LogP contribution in [0.3, 0.4) is 0 Å². The molecule has 0 saturated carbocycles. The van der Waals surface area contributed by atoms with Crippen LogP contribution in [-0.4, -0.2) is 49.1 Å². The highest BCUT2D eigenvalue weighted by Gasteiger charge is 2.44. The van der Waals surface area contributed by atoms with Crippen LogP contribution in [-0.2, 0) is 20.7 Å². The number of hydrogen-bond donors (Lipinski definition) is 1. The molecule has 0 bridgehead atoms. The number of nitrogens with one attached hydrogen (secondary N) is 1. The Balaban J connectivity index is 1.79. The molecule has 2 heterocycles. The Hall–Kier alpha value is -2.18. The molecular weight excluding hydrogens is 384 g/mol. The number of amides is 2. The molecule has 1 atom stereocenters. The van der Waals surface area contributed by atoms with Crippen LogP contribution in [0.1, 0.15) is 32.8 Å². The third-order valence-electron chi connectivity index (χ3n) is 5.11. The van der Waals surface area contributed by atoms with Crippen molar-refractivity contribution >= 4 is 23.2 Å². The highest BCUT2D eigenvalue weighted by Crippen LogP contribution is 2.29. The fourth-order valence-electron chi connectivity index (χ4n) is 3.67. The quantitative estimate of drug-likeness (QED) is 0.811. The first-order valence-electron chi connectivity index (χ1n) is 9.99. The van der Waals surface area contributed by atoms with E-state index in [0.717, 1.165) is 11.1 Å². The topological polar surface area (TPSA) is 58.6 Å². The van der Waals surface area contributed by atoms with E-state index in [-0.39, 0.29) is 23.8 Å². The monoisotopic (exact) mass is 414 g/mol. The van der Waals surface area contributed by atoms with Gasteiger partial charge in [-0.3, -0.25) is 9.59 Å². The Bertz CT molecular complexity index is 840. The number of likely N-dealkylation sites (N-methyl/N-ethyl adjacent to an activating group) is 1. The van der Waals surface area contributed by atoms with Gasteiger partial charge in [0.05, 0.1) is 13.2 Å². The highest BCUT2D eigenvalue weighted by atomic mass is 32.1. The molecule has 1 aliphatic rings. The number of thiophene rings is 1. The molecule has 0 radical (unpaired) electrons. The Morgan fingerprint density at radius 3 is 2.52 bits per heavy atom. The van der Waals surface area contributed by atoms with E-state index in [4.69, 9.17) is 4.74 Å². The van der Waals surface area contributed by atoms with Crippen molar-refractivity contribution in [1.29, 1.82) is 0 Å². The summed E-state index contributed by atoms with van der Waals surface area (Å²) in [7, 11) is 1.61. The van der Waals surface area contributed by atoms with Crippen LogP contribution in [0.4, 0.5) is 0 Å². The lowest BCUT2D eigenvalue weighted by molar-refractivity contribution is -0.166. The van der Waals surface area contributed by atoms with Gasteiger partial charge in [-0.05, 0) is 28.0 Å². The number of carbonyl (C=O) groups is 2. The molecule has 3 rings (SSSR count). The molecule has 2 aromatic rings. The first kappa shape index (κ1) is 21.5. The van der Waals surface area contributed by atoms with Gasteiger partial charge in [-0.25, -0.2) is 0 Å². The van der Waals surface area contributed by atoms with Gasteiger partial charge in [-0.15, -0.1) is 11.3 Å². The molecule has 1 saturated heterocycles. The molecule has 5 nitrogen and oxygen atoms in total. The lowest BCUT2D eigenvalue weighted by atomic mass is 9.88. The average Bonchev–Trinajstić information content (AvgIpc) is 3.21. The molecule has 0 unspecified atom stereocenters. The van der Waals surface area contributed by atoms with E-state index >= 15 is 0 Å². The minimum absolute atomic E-state index is 0.0714. The van der Waals surface area contributed by atoms with Gasteiger partial charge in [0.15, 0.2) is 5.60 Å². The van der Waals surface area contributed by atoms with Crippen molar-refractivity contribution in [3.05, 3.63) is 47.3 Å². The number of carbonyl (C=O) groups excluding carboxylic acids is 2. The number of rotatable bonds is 5. The zero-order valence-electron chi connectivity index (χ0n) is 17.7. The second-order valence-corrected chi connectivity index (χ2v) is 9.77. The second-order valence-electron chi connectivity index (χ2n) is 8.83. The number of benzene rings is 1. The Morgan fingerprint density at radius 2 is 1.93 bits per heavy atom. The minimum Gasteiger partial charge on any atom is -0.361 e. The van der Waals surface area contributed by atoms with Crippen LogP contribution in [0.2, 0.25) is 0 Å². The second kappa shape index (κ2) is 8.67. The summed E-state index contributed by atoms with van der Waals surface area (Å²) >= 11 is 1.70. The first-order valence-corrected chi connectivity index (χ1v) is 10.9. The van der Waals surface area contributed by atoms with Crippen LogP contribution in [0.5, 0.6) is 0 Å². The molecule has 1 N–H and O–H groups in total. The molecule has 0 spiro atoms. The van der Waals surface area contributed by atoms with Gasteiger partial charge in [0.1, 0.15) is 0 Å². The van der Waals surface area contributed by atoms with Crippen LogP contribution in [0, 0.1) is 5.41 Å². The summed E-state index contributed by atoms with van der Waals surface area (Å²) < 4.78 is 6.03. The number of ether oxygens (including phenoxy) is 1. The Morgan fingerprint density at radius 1 is 1.21 bits per heavy atom. The lowest BCUT2D eigenvalue weighted by Crippen LogP contribution is -2.61. The van der Waals surface area contributed by atoms with Crippen molar-refractivity contribution < 1.29 is 14.3 Å². The summed E-state index contributed by atoms with van der Waals surface area (Å²) in [5.41, 5.74) is 1.01. The molecule has 1 aromatic carbocycles. The van der Waals surface area contributed by atoms with E-state index in [1.54, 1.807) is 23.3 Å². The molecule has 2 amide bonds. The zero-order chi connectivity index (χ0) is 21.1. The summed E-state index contributed by atoms with van der Waals surface area (Å²) in [5, 5.41) is 4.80. The largest absolute Gasteiger partial charge is 0.361 e. The van der Waals surface area contributed by atoms with Crippen molar-refractivity contribution in [3.8, 4) is 10.4 Å². The normalized spacial score (nSPS) is 19.8. The van der Waals surface area contributed by atoms with Gasteiger partial charge < -0.3 is 15.0 Å². The average molecular weight is 415 g/mol. The van der Waals surface area contributed by atoms with Crippen LogP contribution < -0.4 is 5.32 Å². The van der Waals surface area contributed by atoms with E-state index in [0.29, 0.717) is 26.0 Å². The standard InChI is InChI=1S/C23H30N2O3S/c1-22(2,3)15-20(26)25-11-12-28-23(16-25,21(27)24-4)14-17-7-9-18(10-8-17)19-6-5-13-29-19/h5-10,13H,11-12,14-16H2,1-4H3,(H,24,27)/t23-/m0/s1. The fraction of sp³-hybridized carbons (Fsp3) is 0.478. The van der Waals surface area contributed by atoms with Crippen molar-refractivity contribution in [2.45, 2.75) is 39.2 Å². The molecule has 6 heteroatoms. The van der Waals surface area contributed by atoms with Crippen molar-refractivity contribution in [2.24, 2.45) is 5.41 Å². The van der Waals surface area contributed by atoms with Gasteiger partial charge in [0.2, 0.25) is 5.91 Å². The third-order valence-corrected chi connectivity index (χ3v) is 6.03. The molecular formula is C23H30N2O3S. The zero-order valence-corrected chi connectivity index (χ0v) is 18.5. The summed E-state index contributed by atoms with van der Waals surface area (Å²) in [6, 6.07) is 12.4. The third kappa shape index (κ3) is 5.25. The predicted octanol–water partition coefficient (Wildman–Crippen LogP) is 3.74. The van der Waals surface area contributed by atoms with Gasteiger partial charge in [0, 0.05) is 31.3 Å². The van der Waals surface area contributed by atoms with Gasteiger partial charge in [-0.2, -0.15) is 0 Å². The maximum atomic E-state index is 12.8. The summed E-state index contributed by atoms with van der Waals surface area (Å²) in [6.45, 7) is 7.29. The molecule has 0 aliphatic carbocycles. The maximum absolute atomic E-state index is 12.8. The first-order chi connectivity index (χ1) is 13.7. The van der Waals surface area contributed by atoms with Gasteiger partial charge in [-0.1, -0.05) is 51.1 Å². The van der Waals surface area contributed by atoms with E-state index < -0.39 is 5.60 Å². The Labute approximate surface area is 177 Å². The smallest absolute Gasteiger partial charge is 0.254 e. The Kier molecular flexibility index (Phi) is 6.44. The minimum atomic E-state index is -1.06. The lowest BCUT2D eigenvalue weighted by Gasteiger charge is -2.42. The van der Waals surface area contributed by atoms with Crippen molar-refractivity contribution in [3.63, 3.8) is 0 Å². The number of morpholine rings is 1. The fourth-order valence-corrected chi connectivity index (χ4v) is 4.41. The summed E-state index contributed by atoms with van der Waals surface area (Å²) in [5.74, 6) is -0.116. The highest BCUT2D eigenvalue weighted by molar-refractivity contribution is 7.13. The van der Waals surface area contributed by atoms with E-state index in [1.807, 2.05) is 39.0 Å². The molecule has 1 aromatic heterocycles. The van der Waals surface area contributed by atoms with Crippen molar-refractivity contribution in [2.75, 3.05) is 26.7 Å². The summed E-state index contributed by atoms with van der Waals surface area (Å²) in [6.07, 6.45) is 0.878. The van der Waals surface area contributed by atoms with Crippen LogP contribution in [0.25, 0.3) is 10.4 Å². The number of hydrogen-bond acceptors (Lipinski definition) is 4. The van der Waals surface area contributed by atoms with Crippen LogP contribution in [0.15, 0.2) is 41.8 Å². The van der Waals surface area contributed by atoms with E-state index in [2.05, 4.69) is 28.9 Å². The van der Waals surface area contributed by atoms with E-state index in [9.17, 15) is 9.59 Å². The molecule has 1 aliphatic heterocycles. The van der Waals surface area contributed by atoms with Crippen LogP contribution >= 0.6 is 11.3 Å². The SMILES string of the molecule is CNC(=O)[C@]1(Cc2ccc(-c3cccs3)cc2)CN(C(=O)CC(C)(C)C)CCO1. The maximum Gasteiger partial charge on any atom is 0.254 e. The number of nitrogens with zero attached hydrogens (tertiary/aromatic N) is 1. The van der Waals surface area contributed by atoms with E-state index in [1.165, 1.54) is 4.88 Å². The van der Waals surface area contributed by atoms with Gasteiger partial charge in [0.25, 0.3) is 5.91 Å². The summed E-state index contributed by atoms with van der Waals surface area (Å²) in [4.78, 5) is 28.6. The van der Waals surface area contributed by atoms with Gasteiger partial charge >= 0.3 is 0 Å². The van der Waals surface area contributed by atoms with Crippen molar-refractivity contribution in [1.82, 2.24) is 10.2 Å².